The van der Waals surface area contributed by atoms with Crippen LogP contribution in [0, 0.1) is 6.92 Å². The third-order valence-electron chi connectivity index (χ3n) is 2.17. The third-order valence-corrected chi connectivity index (χ3v) is 2.17. The summed E-state index contributed by atoms with van der Waals surface area (Å²) in [6, 6.07) is 5.85. The van der Waals surface area contributed by atoms with E-state index < -0.39 is 0 Å². The molecule has 1 amide bonds. The van der Waals surface area contributed by atoms with Gasteiger partial charge in [-0.05, 0) is 18.6 Å². The fraction of sp³-hybridized carbons (Fsp3) is 0.200. The van der Waals surface area contributed by atoms with Crippen LogP contribution in [0.25, 0.3) is 11.0 Å². The van der Waals surface area contributed by atoms with Gasteiger partial charge in [0.05, 0.1) is 17.4 Å². The van der Waals surface area contributed by atoms with Crippen molar-refractivity contribution in [3.05, 3.63) is 30.1 Å². The normalized spacial score (nSPS) is 10.6. The van der Waals surface area contributed by atoms with Crippen molar-refractivity contribution < 1.29 is 4.79 Å². The first-order valence-electron chi connectivity index (χ1n) is 4.37. The number of para-hydroxylation sites is 1. The zero-order chi connectivity index (χ0) is 10.1. The Morgan fingerprint density at radius 2 is 2.36 bits per heavy atom. The summed E-state index contributed by atoms with van der Waals surface area (Å²) in [5.74, 6) is -0.354. The van der Waals surface area contributed by atoms with Gasteiger partial charge in [0.15, 0.2) is 0 Å². The van der Waals surface area contributed by atoms with Gasteiger partial charge in [-0.1, -0.05) is 12.1 Å². The van der Waals surface area contributed by atoms with E-state index in [-0.39, 0.29) is 12.5 Å². The number of hydrogen-bond donors (Lipinski definition) is 1. The molecular weight excluding hydrogens is 178 g/mol. The predicted molar refractivity (Wildman–Crippen MR) is 53.7 cm³/mol. The lowest BCUT2D eigenvalue weighted by atomic mass is 10.2. The average molecular weight is 189 g/mol. The van der Waals surface area contributed by atoms with E-state index in [2.05, 4.69) is 4.98 Å². The number of hydrogen-bond acceptors (Lipinski definition) is 2. The molecule has 0 radical (unpaired) electrons. The van der Waals surface area contributed by atoms with Gasteiger partial charge in [-0.2, -0.15) is 0 Å². The van der Waals surface area contributed by atoms with Crippen molar-refractivity contribution in [3.8, 4) is 0 Å². The van der Waals surface area contributed by atoms with Gasteiger partial charge in [-0.25, -0.2) is 4.98 Å². The number of primary amides is 1. The number of nitrogens with zero attached hydrogens (tertiary/aromatic N) is 2. The summed E-state index contributed by atoms with van der Waals surface area (Å²) in [4.78, 5) is 15.0. The van der Waals surface area contributed by atoms with Crippen molar-refractivity contribution in [1.82, 2.24) is 9.55 Å². The number of carbonyl (C=O) groups is 1. The molecule has 2 rings (SSSR count). The molecule has 2 aromatic rings. The number of benzene rings is 1. The van der Waals surface area contributed by atoms with E-state index in [0.717, 1.165) is 16.6 Å². The molecule has 1 aromatic heterocycles. The van der Waals surface area contributed by atoms with Crippen LogP contribution in [0.15, 0.2) is 24.5 Å². The highest BCUT2D eigenvalue weighted by molar-refractivity contribution is 5.81. The van der Waals surface area contributed by atoms with Gasteiger partial charge in [-0.3, -0.25) is 4.79 Å². The molecule has 0 aliphatic heterocycles. The van der Waals surface area contributed by atoms with Gasteiger partial charge >= 0.3 is 0 Å². The van der Waals surface area contributed by atoms with E-state index in [0.29, 0.717) is 0 Å². The molecule has 72 valence electrons. The number of rotatable bonds is 2. The monoisotopic (exact) mass is 189 g/mol. The molecule has 0 bridgehead atoms. The zero-order valence-electron chi connectivity index (χ0n) is 7.90. The molecule has 2 N–H and O–H groups in total. The Hall–Kier alpha value is -1.84. The van der Waals surface area contributed by atoms with Crippen LogP contribution in [0.5, 0.6) is 0 Å². The molecule has 1 heterocycles. The second-order valence-electron chi connectivity index (χ2n) is 3.28. The Morgan fingerprint density at radius 1 is 1.57 bits per heavy atom. The molecular formula is C10H11N3O. The maximum atomic E-state index is 10.8. The second kappa shape index (κ2) is 3.14. The summed E-state index contributed by atoms with van der Waals surface area (Å²) in [6.45, 7) is 2.17. The number of amides is 1. The topological polar surface area (TPSA) is 60.9 Å². The number of aryl methyl sites for hydroxylation is 1. The van der Waals surface area contributed by atoms with Gasteiger partial charge < -0.3 is 10.3 Å². The molecule has 0 fully saturated rings. The van der Waals surface area contributed by atoms with Crippen LogP contribution in [0.1, 0.15) is 5.56 Å². The van der Waals surface area contributed by atoms with Crippen molar-refractivity contribution in [2.75, 3.05) is 0 Å². The van der Waals surface area contributed by atoms with Gasteiger partial charge in [0.2, 0.25) is 5.91 Å². The lowest BCUT2D eigenvalue weighted by molar-refractivity contribution is -0.118. The lowest BCUT2D eigenvalue weighted by Crippen LogP contribution is -2.18. The molecule has 0 atom stereocenters. The molecule has 0 spiro atoms. The van der Waals surface area contributed by atoms with Gasteiger partial charge in [-0.15, -0.1) is 0 Å². The molecule has 0 unspecified atom stereocenters. The smallest absolute Gasteiger partial charge is 0.237 e. The maximum absolute atomic E-state index is 10.8. The number of aromatic nitrogens is 2. The highest BCUT2D eigenvalue weighted by atomic mass is 16.1. The summed E-state index contributed by atoms with van der Waals surface area (Å²) >= 11 is 0. The molecule has 4 heteroatoms. The highest BCUT2D eigenvalue weighted by Crippen LogP contribution is 2.16. The van der Waals surface area contributed by atoms with Crippen LogP contribution in [0.3, 0.4) is 0 Å². The average Bonchev–Trinajstić information content (AvgIpc) is 2.49. The molecule has 0 aliphatic rings. The number of imidazole rings is 1. The Balaban J connectivity index is 2.61. The van der Waals surface area contributed by atoms with Crippen LogP contribution in [0.2, 0.25) is 0 Å². The Morgan fingerprint density at radius 3 is 3.07 bits per heavy atom. The van der Waals surface area contributed by atoms with Crippen LogP contribution in [-0.2, 0) is 11.3 Å². The second-order valence-corrected chi connectivity index (χ2v) is 3.28. The predicted octanol–water partition coefficient (Wildman–Crippen LogP) is 0.830. The number of carbonyl (C=O) groups excluding carboxylic acids is 1. The minimum absolute atomic E-state index is 0.182. The molecule has 0 aliphatic carbocycles. The summed E-state index contributed by atoms with van der Waals surface area (Å²) in [6.07, 6.45) is 1.64. The van der Waals surface area contributed by atoms with E-state index in [9.17, 15) is 4.79 Å². The van der Waals surface area contributed by atoms with E-state index in [1.165, 1.54) is 0 Å². The molecule has 0 saturated heterocycles. The van der Waals surface area contributed by atoms with Crippen molar-refractivity contribution >= 4 is 16.9 Å². The van der Waals surface area contributed by atoms with E-state index in [1.54, 1.807) is 10.9 Å². The van der Waals surface area contributed by atoms with Gasteiger partial charge in [0.25, 0.3) is 0 Å². The fourth-order valence-corrected chi connectivity index (χ4v) is 1.60. The van der Waals surface area contributed by atoms with Crippen LogP contribution < -0.4 is 5.73 Å². The first-order chi connectivity index (χ1) is 6.68. The zero-order valence-corrected chi connectivity index (χ0v) is 7.90. The standard InChI is InChI=1S/C10H11N3O/c1-7-3-2-4-8-10(7)13(6-12-8)5-9(11)14/h2-4,6H,5H2,1H3,(H2,11,14). The first kappa shape index (κ1) is 8.74. The Kier molecular flexibility index (Phi) is 1.96. The summed E-state index contributed by atoms with van der Waals surface area (Å²) in [5.41, 5.74) is 8.11. The number of nitrogens with two attached hydrogens (primary N) is 1. The highest BCUT2D eigenvalue weighted by Gasteiger charge is 2.06. The summed E-state index contributed by atoms with van der Waals surface area (Å²) in [5, 5.41) is 0. The summed E-state index contributed by atoms with van der Waals surface area (Å²) < 4.78 is 1.77. The summed E-state index contributed by atoms with van der Waals surface area (Å²) in [7, 11) is 0. The molecule has 1 aromatic carbocycles. The minimum Gasteiger partial charge on any atom is -0.368 e. The van der Waals surface area contributed by atoms with E-state index >= 15 is 0 Å². The van der Waals surface area contributed by atoms with Crippen molar-refractivity contribution in [1.29, 1.82) is 0 Å². The van der Waals surface area contributed by atoms with E-state index in [4.69, 9.17) is 5.73 Å². The largest absolute Gasteiger partial charge is 0.368 e. The van der Waals surface area contributed by atoms with Crippen molar-refractivity contribution in [2.45, 2.75) is 13.5 Å². The number of fused-ring (bicyclic) bond motifs is 1. The lowest BCUT2D eigenvalue weighted by Gasteiger charge is -2.02. The van der Waals surface area contributed by atoms with Gasteiger partial charge in [0.1, 0.15) is 6.54 Å². The van der Waals surface area contributed by atoms with Crippen LogP contribution in [-0.4, -0.2) is 15.5 Å². The maximum Gasteiger partial charge on any atom is 0.237 e. The molecule has 4 nitrogen and oxygen atoms in total. The van der Waals surface area contributed by atoms with E-state index in [1.807, 2.05) is 25.1 Å². The fourth-order valence-electron chi connectivity index (χ4n) is 1.60. The third kappa shape index (κ3) is 1.35. The first-order valence-corrected chi connectivity index (χ1v) is 4.37. The van der Waals surface area contributed by atoms with Crippen LogP contribution in [0.4, 0.5) is 0 Å². The van der Waals surface area contributed by atoms with Crippen LogP contribution >= 0.6 is 0 Å². The van der Waals surface area contributed by atoms with Crippen molar-refractivity contribution in [2.24, 2.45) is 5.73 Å². The Bertz CT molecular complexity index is 487. The SMILES string of the molecule is Cc1cccc2ncn(CC(N)=O)c12. The van der Waals surface area contributed by atoms with Gasteiger partial charge in [0, 0.05) is 0 Å². The quantitative estimate of drug-likeness (QED) is 0.760. The molecule has 0 saturated carbocycles. The Labute approximate surface area is 81.3 Å². The van der Waals surface area contributed by atoms with Crippen molar-refractivity contribution in [3.63, 3.8) is 0 Å². The minimum atomic E-state index is -0.354. The molecule has 14 heavy (non-hydrogen) atoms.